The second-order valence-electron chi connectivity index (χ2n) is 6.38. The van der Waals surface area contributed by atoms with Gasteiger partial charge < -0.3 is 5.32 Å². The molecule has 1 aliphatic heterocycles. The van der Waals surface area contributed by atoms with Gasteiger partial charge in [0, 0.05) is 24.8 Å². The van der Waals surface area contributed by atoms with E-state index in [-0.39, 0.29) is 5.91 Å². The number of piperidine rings is 1. The van der Waals surface area contributed by atoms with Crippen molar-refractivity contribution in [2.24, 2.45) is 5.92 Å². The highest BCUT2D eigenvalue weighted by atomic mass is 16.1. The molecule has 120 valence electrons. The summed E-state index contributed by atoms with van der Waals surface area (Å²) in [5.41, 5.74) is 2.64. The van der Waals surface area contributed by atoms with Crippen LogP contribution >= 0.6 is 0 Å². The Morgan fingerprint density at radius 1 is 1.30 bits per heavy atom. The van der Waals surface area contributed by atoms with Crippen LogP contribution in [0.3, 0.4) is 0 Å². The monoisotopic (exact) mass is 309 g/mol. The van der Waals surface area contributed by atoms with Gasteiger partial charge in [-0.1, -0.05) is 19.1 Å². The van der Waals surface area contributed by atoms with Gasteiger partial charge in [0.05, 0.1) is 11.9 Å². The van der Waals surface area contributed by atoms with Crippen LogP contribution in [0.1, 0.15) is 35.7 Å². The maximum absolute atomic E-state index is 12.2. The van der Waals surface area contributed by atoms with Gasteiger partial charge in [-0.3, -0.25) is 14.7 Å². The maximum Gasteiger partial charge on any atom is 0.255 e. The summed E-state index contributed by atoms with van der Waals surface area (Å²) in [6.07, 6.45) is 5.95. The molecule has 23 heavy (non-hydrogen) atoms. The third-order valence-electron chi connectivity index (χ3n) is 4.28. The number of benzene rings is 1. The molecule has 0 unspecified atom stereocenters. The first kappa shape index (κ1) is 15.7. The molecule has 3 rings (SSSR count). The fourth-order valence-corrected chi connectivity index (χ4v) is 3.09. The van der Waals surface area contributed by atoms with Crippen LogP contribution in [-0.4, -0.2) is 28.9 Å². The average molecular weight is 309 g/mol. The quantitative estimate of drug-likeness (QED) is 0.939. The number of likely N-dealkylation sites (tertiary alicyclic amines) is 1. The first-order valence-electron chi connectivity index (χ1n) is 8.23. The van der Waals surface area contributed by atoms with Crippen LogP contribution in [0.5, 0.6) is 0 Å². The molecule has 0 bridgehead atoms. The molecule has 1 saturated heterocycles. The predicted molar refractivity (Wildman–Crippen MR) is 92.3 cm³/mol. The average Bonchev–Trinajstić information content (AvgIpc) is 2.56. The lowest BCUT2D eigenvalue weighted by molar-refractivity contribution is 0.102. The van der Waals surface area contributed by atoms with Crippen molar-refractivity contribution in [2.45, 2.75) is 26.3 Å². The van der Waals surface area contributed by atoms with E-state index in [1.54, 1.807) is 18.5 Å². The molecule has 1 aromatic carbocycles. The first-order valence-corrected chi connectivity index (χ1v) is 8.23. The van der Waals surface area contributed by atoms with Gasteiger partial charge >= 0.3 is 0 Å². The van der Waals surface area contributed by atoms with E-state index in [1.165, 1.54) is 31.5 Å². The zero-order chi connectivity index (χ0) is 16.1. The highest BCUT2D eigenvalue weighted by Crippen LogP contribution is 2.18. The van der Waals surface area contributed by atoms with Crippen LogP contribution in [0, 0.1) is 5.92 Å². The lowest BCUT2D eigenvalue weighted by Gasteiger charge is -2.30. The topological polar surface area (TPSA) is 45.2 Å². The molecule has 1 atom stereocenters. The second kappa shape index (κ2) is 7.38. The molecule has 2 aromatic rings. The summed E-state index contributed by atoms with van der Waals surface area (Å²) in [4.78, 5) is 18.7. The third kappa shape index (κ3) is 4.39. The minimum atomic E-state index is -0.101. The number of aromatic nitrogens is 1. The van der Waals surface area contributed by atoms with Crippen molar-refractivity contribution < 1.29 is 4.79 Å². The number of anilines is 1. The van der Waals surface area contributed by atoms with E-state index in [9.17, 15) is 4.79 Å². The second-order valence-corrected chi connectivity index (χ2v) is 6.38. The van der Waals surface area contributed by atoms with Gasteiger partial charge in [-0.05, 0) is 55.1 Å². The molecule has 1 aliphatic rings. The number of carbonyl (C=O) groups is 1. The Kier molecular flexibility index (Phi) is 5.03. The highest BCUT2D eigenvalue weighted by molar-refractivity contribution is 6.04. The van der Waals surface area contributed by atoms with E-state index < -0.39 is 0 Å². The van der Waals surface area contributed by atoms with Gasteiger partial charge in [0.15, 0.2) is 0 Å². The van der Waals surface area contributed by atoms with Crippen molar-refractivity contribution in [3.63, 3.8) is 0 Å². The van der Waals surface area contributed by atoms with Crippen molar-refractivity contribution >= 4 is 11.6 Å². The van der Waals surface area contributed by atoms with Gasteiger partial charge in [0.25, 0.3) is 5.91 Å². The maximum atomic E-state index is 12.2. The summed E-state index contributed by atoms with van der Waals surface area (Å²) in [5, 5.41) is 2.85. The van der Waals surface area contributed by atoms with Crippen molar-refractivity contribution in [3.8, 4) is 0 Å². The normalized spacial score (nSPS) is 18.6. The van der Waals surface area contributed by atoms with Crippen LogP contribution in [0.2, 0.25) is 0 Å². The molecule has 0 aliphatic carbocycles. The van der Waals surface area contributed by atoms with E-state index in [4.69, 9.17) is 0 Å². The van der Waals surface area contributed by atoms with E-state index in [1.807, 2.05) is 18.2 Å². The van der Waals surface area contributed by atoms with Crippen LogP contribution in [-0.2, 0) is 6.54 Å². The van der Waals surface area contributed by atoms with Crippen LogP contribution in [0.4, 0.5) is 5.69 Å². The van der Waals surface area contributed by atoms with E-state index in [0.29, 0.717) is 11.3 Å². The zero-order valence-electron chi connectivity index (χ0n) is 13.5. The number of hydrogen-bond acceptors (Lipinski definition) is 3. The summed E-state index contributed by atoms with van der Waals surface area (Å²) >= 11 is 0. The lowest BCUT2D eigenvalue weighted by atomic mass is 9.99. The molecule has 2 heterocycles. The van der Waals surface area contributed by atoms with Gasteiger partial charge in [-0.25, -0.2) is 0 Å². The molecule has 4 nitrogen and oxygen atoms in total. The van der Waals surface area contributed by atoms with Gasteiger partial charge in [-0.2, -0.15) is 0 Å². The molecule has 1 aromatic heterocycles. The third-order valence-corrected chi connectivity index (χ3v) is 4.28. The fourth-order valence-electron chi connectivity index (χ4n) is 3.09. The molecule has 0 radical (unpaired) electrons. The van der Waals surface area contributed by atoms with Crippen molar-refractivity contribution in [1.82, 2.24) is 9.88 Å². The zero-order valence-corrected chi connectivity index (χ0v) is 13.5. The number of rotatable bonds is 4. The molecule has 0 spiro atoms. The Hall–Kier alpha value is -2.20. The van der Waals surface area contributed by atoms with Crippen LogP contribution in [0.15, 0.2) is 48.8 Å². The predicted octanol–water partition coefficient (Wildman–Crippen LogP) is 3.57. The summed E-state index contributed by atoms with van der Waals surface area (Å²) in [6.45, 7) is 5.63. The molecule has 1 amide bonds. The number of hydrogen-bond donors (Lipinski definition) is 1. The lowest BCUT2D eigenvalue weighted by Crippen LogP contribution is -2.33. The molecular weight excluding hydrogens is 286 g/mol. The van der Waals surface area contributed by atoms with Crippen molar-refractivity contribution in [3.05, 3.63) is 59.9 Å². The van der Waals surface area contributed by atoms with Crippen molar-refractivity contribution in [2.75, 3.05) is 18.4 Å². The standard InChI is InChI=1S/C19H23N3O/c1-15-4-3-11-22(13-15)14-16-6-8-17(9-7-16)19(23)21-18-5-2-10-20-12-18/h2,5-10,12,15H,3-4,11,13-14H2,1H3,(H,21,23)/t15-/m0/s1. The Morgan fingerprint density at radius 3 is 2.83 bits per heavy atom. The number of carbonyl (C=O) groups excluding carboxylic acids is 1. The van der Waals surface area contributed by atoms with Gasteiger partial charge in [0.1, 0.15) is 0 Å². The Labute approximate surface area is 137 Å². The Morgan fingerprint density at radius 2 is 2.13 bits per heavy atom. The van der Waals surface area contributed by atoms with Gasteiger partial charge in [-0.15, -0.1) is 0 Å². The summed E-state index contributed by atoms with van der Waals surface area (Å²) in [6, 6.07) is 11.5. The van der Waals surface area contributed by atoms with E-state index >= 15 is 0 Å². The summed E-state index contributed by atoms with van der Waals surface area (Å²) in [7, 11) is 0. The smallest absolute Gasteiger partial charge is 0.255 e. The summed E-state index contributed by atoms with van der Waals surface area (Å²) in [5.74, 6) is 0.685. The minimum Gasteiger partial charge on any atom is -0.321 e. The molecule has 4 heteroatoms. The SMILES string of the molecule is C[C@H]1CCCN(Cc2ccc(C(=O)Nc3cccnc3)cc2)C1. The van der Waals surface area contributed by atoms with E-state index in [2.05, 4.69) is 34.3 Å². The Bertz CT molecular complexity index is 639. The number of nitrogens with one attached hydrogen (secondary N) is 1. The molecular formula is C19H23N3O. The molecule has 1 N–H and O–H groups in total. The van der Waals surface area contributed by atoms with Crippen LogP contribution < -0.4 is 5.32 Å². The molecule has 0 saturated carbocycles. The van der Waals surface area contributed by atoms with E-state index in [0.717, 1.165) is 12.5 Å². The number of amides is 1. The Balaban J connectivity index is 1.59. The van der Waals surface area contributed by atoms with Gasteiger partial charge in [0.2, 0.25) is 0 Å². The number of pyridine rings is 1. The minimum absolute atomic E-state index is 0.101. The first-order chi connectivity index (χ1) is 11.2. The highest BCUT2D eigenvalue weighted by Gasteiger charge is 2.16. The van der Waals surface area contributed by atoms with Crippen LogP contribution in [0.25, 0.3) is 0 Å². The largest absolute Gasteiger partial charge is 0.321 e. The summed E-state index contributed by atoms with van der Waals surface area (Å²) < 4.78 is 0. The number of nitrogens with zero attached hydrogens (tertiary/aromatic N) is 2. The van der Waals surface area contributed by atoms with Crippen molar-refractivity contribution in [1.29, 1.82) is 0 Å². The fraction of sp³-hybridized carbons (Fsp3) is 0.368. The molecule has 1 fully saturated rings.